The van der Waals surface area contributed by atoms with Gasteiger partial charge in [-0.3, -0.25) is 4.79 Å². The van der Waals surface area contributed by atoms with Crippen molar-refractivity contribution in [2.75, 3.05) is 13.7 Å². The van der Waals surface area contributed by atoms with E-state index in [2.05, 4.69) is 5.32 Å². The SMILES string of the molecule is COc1ccc2c(c1)C(NCC(O)C(N)Cc1ccccc1)CC(C)(C)C2=O. The predicted molar refractivity (Wildman–Crippen MR) is 111 cm³/mol. The first-order chi connectivity index (χ1) is 13.3. The fraction of sp³-hybridized carbons (Fsp3) is 0.435. The molecule has 1 aliphatic rings. The summed E-state index contributed by atoms with van der Waals surface area (Å²) in [6.07, 6.45) is 0.588. The highest BCUT2D eigenvalue weighted by atomic mass is 16.5. The zero-order valence-corrected chi connectivity index (χ0v) is 16.8. The summed E-state index contributed by atoms with van der Waals surface area (Å²) in [4.78, 5) is 12.8. The Hall–Kier alpha value is -2.21. The summed E-state index contributed by atoms with van der Waals surface area (Å²) in [6, 6.07) is 15.1. The van der Waals surface area contributed by atoms with Crippen molar-refractivity contribution in [1.82, 2.24) is 5.32 Å². The molecule has 5 heteroatoms. The van der Waals surface area contributed by atoms with Crippen molar-refractivity contribution in [3.8, 4) is 5.75 Å². The molecule has 0 radical (unpaired) electrons. The average Bonchev–Trinajstić information content (AvgIpc) is 2.69. The number of fused-ring (bicyclic) bond motifs is 1. The number of benzene rings is 2. The maximum atomic E-state index is 12.8. The van der Waals surface area contributed by atoms with E-state index in [-0.39, 0.29) is 17.9 Å². The van der Waals surface area contributed by atoms with Crippen molar-refractivity contribution in [3.63, 3.8) is 0 Å². The van der Waals surface area contributed by atoms with Crippen LogP contribution < -0.4 is 15.8 Å². The van der Waals surface area contributed by atoms with Crippen molar-refractivity contribution >= 4 is 5.78 Å². The van der Waals surface area contributed by atoms with E-state index in [0.29, 0.717) is 19.4 Å². The van der Waals surface area contributed by atoms with E-state index in [0.717, 1.165) is 22.4 Å². The van der Waals surface area contributed by atoms with Gasteiger partial charge in [0.25, 0.3) is 0 Å². The summed E-state index contributed by atoms with van der Waals surface area (Å²) in [5.41, 5.74) is 8.50. The van der Waals surface area contributed by atoms with Crippen molar-refractivity contribution in [2.45, 2.75) is 44.9 Å². The Balaban J connectivity index is 1.71. The number of methoxy groups -OCH3 is 1. The number of ketones is 1. The van der Waals surface area contributed by atoms with Gasteiger partial charge in [0.2, 0.25) is 0 Å². The van der Waals surface area contributed by atoms with Gasteiger partial charge in [0.05, 0.1) is 13.2 Å². The number of nitrogens with one attached hydrogen (secondary N) is 1. The molecule has 2 aromatic rings. The number of hydrogen-bond acceptors (Lipinski definition) is 5. The standard InChI is InChI=1S/C23H30N2O3/c1-23(2)13-20(18-12-16(28-3)9-10-17(18)22(23)27)25-14-21(26)19(24)11-15-7-5-4-6-8-15/h4-10,12,19-21,25-26H,11,13-14,24H2,1-3H3. The summed E-state index contributed by atoms with van der Waals surface area (Å²) >= 11 is 0. The number of ether oxygens (including phenoxy) is 1. The lowest BCUT2D eigenvalue weighted by Gasteiger charge is -2.37. The third kappa shape index (κ3) is 4.43. The average molecular weight is 383 g/mol. The van der Waals surface area contributed by atoms with Crippen LogP contribution in [0.3, 0.4) is 0 Å². The summed E-state index contributed by atoms with van der Waals surface area (Å²) in [7, 11) is 1.62. The minimum Gasteiger partial charge on any atom is -0.497 e. The molecule has 0 aliphatic heterocycles. The van der Waals surface area contributed by atoms with Crippen molar-refractivity contribution in [1.29, 1.82) is 0 Å². The molecule has 0 saturated carbocycles. The van der Waals surface area contributed by atoms with Crippen LogP contribution in [-0.4, -0.2) is 36.7 Å². The Morgan fingerprint density at radius 2 is 1.96 bits per heavy atom. The molecule has 4 N–H and O–H groups in total. The second kappa shape index (κ2) is 8.43. The third-order valence-corrected chi connectivity index (χ3v) is 5.59. The lowest BCUT2D eigenvalue weighted by atomic mass is 9.71. The number of carbonyl (C=O) groups is 1. The Kier molecular flexibility index (Phi) is 6.18. The highest BCUT2D eigenvalue weighted by Crippen LogP contribution is 2.41. The molecule has 150 valence electrons. The van der Waals surface area contributed by atoms with Gasteiger partial charge in [-0.2, -0.15) is 0 Å². The lowest BCUT2D eigenvalue weighted by molar-refractivity contribution is 0.0774. The van der Waals surface area contributed by atoms with E-state index in [1.807, 2.05) is 62.4 Å². The maximum absolute atomic E-state index is 12.8. The van der Waals surface area contributed by atoms with Crippen LogP contribution in [0, 0.1) is 5.41 Å². The van der Waals surface area contributed by atoms with Gasteiger partial charge in [-0.25, -0.2) is 0 Å². The quantitative estimate of drug-likeness (QED) is 0.686. The highest BCUT2D eigenvalue weighted by Gasteiger charge is 2.39. The molecule has 3 unspecified atom stereocenters. The van der Waals surface area contributed by atoms with Gasteiger partial charge in [0.1, 0.15) is 5.75 Å². The van der Waals surface area contributed by atoms with E-state index < -0.39 is 11.5 Å². The molecule has 0 spiro atoms. The summed E-state index contributed by atoms with van der Waals surface area (Å²) in [6.45, 7) is 4.29. The van der Waals surface area contributed by atoms with E-state index >= 15 is 0 Å². The first-order valence-electron chi connectivity index (χ1n) is 9.75. The molecule has 5 nitrogen and oxygen atoms in total. The fourth-order valence-corrected chi connectivity index (χ4v) is 3.86. The van der Waals surface area contributed by atoms with Crippen LogP contribution in [0.2, 0.25) is 0 Å². The normalized spacial score (nSPS) is 20.3. The van der Waals surface area contributed by atoms with Crippen LogP contribution in [0.25, 0.3) is 0 Å². The van der Waals surface area contributed by atoms with Gasteiger partial charge < -0.3 is 20.9 Å². The van der Waals surface area contributed by atoms with Gasteiger partial charge >= 0.3 is 0 Å². The number of hydrogen-bond donors (Lipinski definition) is 3. The molecule has 1 aliphatic carbocycles. The largest absolute Gasteiger partial charge is 0.497 e. The van der Waals surface area contributed by atoms with Gasteiger partial charge in [-0.1, -0.05) is 44.2 Å². The molecule has 0 bridgehead atoms. The van der Waals surface area contributed by atoms with Gasteiger partial charge in [0, 0.05) is 29.6 Å². The molecule has 0 amide bonds. The van der Waals surface area contributed by atoms with E-state index in [4.69, 9.17) is 10.5 Å². The minimum absolute atomic E-state index is 0.0450. The molecule has 0 aromatic heterocycles. The number of carbonyl (C=O) groups excluding carboxylic acids is 1. The second-order valence-corrected chi connectivity index (χ2v) is 8.25. The van der Waals surface area contributed by atoms with Crippen LogP contribution >= 0.6 is 0 Å². The Morgan fingerprint density at radius 3 is 2.64 bits per heavy atom. The van der Waals surface area contributed by atoms with Crippen molar-refractivity contribution < 1.29 is 14.6 Å². The number of nitrogens with two attached hydrogens (primary N) is 1. The molecule has 3 atom stereocenters. The molecule has 0 heterocycles. The smallest absolute Gasteiger partial charge is 0.168 e. The van der Waals surface area contributed by atoms with E-state index in [1.54, 1.807) is 7.11 Å². The Labute approximate surface area is 166 Å². The minimum atomic E-state index is -0.685. The molecule has 0 fully saturated rings. The monoisotopic (exact) mass is 382 g/mol. The fourth-order valence-electron chi connectivity index (χ4n) is 3.86. The lowest BCUT2D eigenvalue weighted by Crippen LogP contribution is -2.46. The maximum Gasteiger partial charge on any atom is 0.168 e. The molecular formula is C23H30N2O3. The first-order valence-corrected chi connectivity index (χ1v) is 9.75. The number of Topliss-reactive ketones (excluding diaryl/α,β-unsaturated/α-hetero) is 1. The zero-order valence-electron chi connectivity index (χ0n) is 16.8. The van der Waals surface area contributed by atoms with Gasteiger partial charge in [0.15, 0.2) is 5.78 Å². The summed E-state index contributed by atoms with van der Waals surface area (Å²) in [5, 5.41) is 14.0. The topological polar surface area (TPSA) is 84.6 Å². The zero-order chi connectivity index (χ0) is 20.3. The molecular weight excluding hydrogens is 352 g/mol. The van der Waals surface area contributed by atoms with Crippen LogP contribution in [-0.2, 0) is 6.42 Å². The van der Waals surface area contributed by atoms with Crippen molar-refractivity contribution in [2.24, 2.45) is 11.1 Å². The highest BCUT2D eigenvalue weighted by molar-refractivity contribution is 6.02. The Bertz CT molecular complexity index is 820. The van der Waals surface area contributed by atoms with Crippen LogP contribution in [0.5, 0.6) is 5.75 Å². The molecule has 28 heavy (non-hydrogen) atoms. The molecule has 2 aromatic carbocycles. The van der Waals surface area contributed by atoms with Crippen LogP contribution in [0.15, 0.2) is 48.5 Å². The first kappa shape index (κ1) is 20.5. The number of aliphatic hydroxyl groups excluding tert-OH is 1. The second-order valence-electron chi connectivity index (χ2n) is 8.25. The van der Waals surface area contributed by atoms with Gasteiger partial charge in [-0.15, -0.1) is 0 Å². The molecule has 3 rings (SSSR count). The summed E-state index contributed by atoms with van der Waals surface area (Å²) in [5.74, 6) is 0.865. The van der Waals surface area contributed by atoms with Gasteiger partial charge in [-0.05, 0) is 42.2 Å². The Morgan fingerprint density at radius 1 is 1.25 bits per heavy atom. The van der Waals surface area contributed by atoms with E-state index in [9.17, 15) is 9.90 Å². The van der Waals surface area contributed by atoms with Crippen LogP contribution in [0.1, 0.15) is 47.8 Å². The van der Waals surface area contributed by atoms with E-state index in [1.165, 1.54) is 0 Å². The molecule has 0 saturated heterocycles. The number of aliphatic hydroxyl groups is 1. The number of rotatable bonds is 7. The predicted octanol–water partition coefficient (Wildman–Crippen LogP) is 2.87. The van der Waals surface area contributed by atoms with Crippen LogP contribution in [0.4, 0.5) is 0 Å². The third-order valence-electron chi connectivity index (χ3n) is 5.59. The van der Waals surface area contributed by atoms with Crippen molar-refractivity contribution in [3.05, 3.63) is 65.2 Å². The summed E-state index contributed by atoms with van der Waals surface area (Å²) < 4.78 is 5.34.